The van der Waals surface area contributed by atoms with Gasteiger partial charge in [-0.2, -0.15) is 4.68 Å². The van der Waals surface area contributed by atoms with Crippen LogP contribution in [0.3, 0.4) is 0 Å². The Balaban J connectivity index is 2.05. The molecule has 0 aliphatic rings. The van der Waals surface area contributed by atoms with Gasteiger partial charge in [0.2, 0.25) is 5.65 Å². The second-order valence-corrected chi connectivity index (χ2v) is 5.04. The molecule has 2 aromatic carbocycles. The topological polar surface area (TPSA) is 87.4 Å². The van der Waals surface area contributed by atoms with Crippen LogP contribution in [0, 0.1) is 0 Å². The minimum Gasteiger partial charge on any atom is -0.497 e. The maximum Gasteiger partial charge on any atom is 0.355 e. The molecule has 0 aliphatic heterocycles. The van der Waals surface area contributed by atoms with Crippen LogP contribution in [0.15, 0.2) is 53.3 Å². The van der Waals surface area contributed by atoms with Gasteiger partial charge in [-0.05, 0) is 36.4 Å². The van der Waals surface area contributed by atoms with E-state index in [2.05, 4.69) is 10.1 Å². The van der Waals surface area contributed by atoms with Crippen molar-refractivity contribution in [3.63, 3.8) is 0 Å². The molecule has 4 aromatic rings. The predicted molar refractivity (Wildman–Crippen MR) is 87.1 cm³/mol. The zero-order valence-electron chi connectivity index (χ0n) is 12.3. The first kappa shape index (κ1) is 13.3. The van der Waals surface area contributed by atoms with Gasteiger partial charge < -0.3 is 10.5 Å². The number of benzene rings is 2. The Morgan fingerprint density at radius 2 is 1.83 bits per heavy atom. The molecule has 7 heteroatoms. The van der Waals surface area contributed by atoms with Gasteiger partial charge in [-0.15, -0.1) is 5.10 Å². The Morgan fingerprint density at radius 1 is 1.09 bits per heavy atom. The highest BCUT2D eigenvalue weighted by Gasteiger charge is 2.15. The van der Waals surface area contributed by atoms with E-state index in [1.165, 1.54) is 9.08 Å². The summed E-state index contributed by atoms with van der Waals surface area (Å²) in [5, 5.41) is 4.33. The van der Waals surface area contributed by atoms with Crippen molar-refractivity contribution in [2.45, 2.75) is 0 Å². The highest BCUT2D eigenvalue weighted by atomic mass is 16.5. The van der Waals surface area contributed by atoms with Crippen LogP contribution in [0.4, 0.5) is 5.82 Å². The lowest BCUT2D eigenvalue weighted by atomic mass is 10.3. The number of nitrogens with zero attached hydrogens (tertiary/aromatic N) is 4. The van der Waals surface area contributed by atoms with E-state index in [1.807, 2.05) is 24.3 Å². The van der Waals surface area contributed by atoms with E-state index in [0.717, 1.165) is 0 Å². The van der Waals surface area contributed by atoms with Crippen molar-refractivity contribution in [3.8, 4) is 11.4 Å². The number of hydrogen-bond acceptors (Lipinski definition) is 5. The minimum atomic E-state index is -0.296. The van der Waals surface area contributed by atoms with E-state index < -0.39 is 0 Å². The Kier molecular flexibility index (Phi) is 2.80. The molecule has 0 fully saturated rings. The molecule has 2 aromatic heterocycles. The largest absolute Gasteiger partial charge is 0.497 e. The molecule has 0 saturated carbocycles. The smallest absolute Gasteiger partial charge is 0.355 e. The van der Waals surface area contributed by atoms with Crippen molar-refractivity contribution >= 4 is 22.5 Å². The first-order valence-corrected chi connectivity index (χ1v) is 6.99. The quantitative estimate of drug-likeness (QED) is 0.608. The van der Waals surface area contributed by atoms with Crippen molar-refractivity contribution in [2.75, 3.05) is 12.8 Å². The first-order chi connectivity index (χ1) is 11.2. The van der Waals surface area contributed by atoms with E-state index in [4.69, 9.17) is 10.5 Å². The molecule has 0 aliphatic carbocycles. The third-order valence-electron chi connectivity index (χ3n) is 3.69. The summed E-state index contributed by atoms with van der Waals surface area (Å²) in [7, 11) is 1.59. The molecule has 4 rings (SSSR count). The van der Waals surface area contributed by atoms with Crippen LogP contribution in [0.1, 0.15) is 0 Å². The lowest BCUT2D eigenvalue weighted by Gasteiger charge is -2.01. The summed E-state index contributed by atoms with van der Waals surface area (Å²) < 4.78 is 7.91. The van der Waals surface area contributed by atoms with Crippen molar-refractivity contribution in [3.05, 3.63) is 59.0 Å². The molecule has 0 spiro atoms. The average molecular weight is 307 g/mol. The van der Waals surface area contributed by atoms with Crippen LogP contribution in [0.2, 0.25) is 0 Å². The monoisotopic (exact) mass is 307 g/mol. The lowest BCUT2D eigenvalue weighted by Crippen LogP contribution is -2.20. The zero-order valence-corrected chi connectivity index (χ0v) is 12.3. The van der Waals surface area contributed by atoms with Crippen LogP contribution in [0.5, 0.6) is 5.75 Å². The van der Waals surface area contributed by atoms with Gasteiger partial charge in [-0.25, -0.2) is 14.2 Å². The van der Waals surface area contributed by atoms with Gasteiger partial charge in [0.15, 0.2) is 5.82 Å². The van der Waals surface area contributed by atoms with Crippen LogP contribution in [-0.2, 0) is 0 Å². The summed E-state index contributed by atoms with van der Waals surface area (Å²) in [6.45, 7) is 0. The molecule has 23 heavy (non-hydrogen) atoms. The number of para-hydroxylation sites is 2. The number of nitrogens with two attached hydrogens (primary N) is 1. The number of nitrogen functional groups attached to an aromatic ring is 1. The summed E-state index contributed by atoms with van der Waals surface area (Å²) in [5.74, 6) is 0.922. The van der Waals surface area contributed by atoms with Gasteiger partial charge in [0.1, 0.15) is 5.75 Å². The highest BCUT2D eigenvalue weighted by molar-refractivity contribution is 5.81. The zero-order chi connectivity index (χ0) is 16.0. The lowest BCUT2D eigenvalue weighted by molar-refractivity contribution is 0.414. The second kappa shape index (κ2) is 4.84. The summed E-state index contributed by atoms with van der Waals surface area (Å²) >= 11 is 0. The number of ether oxygens (including phenoxy) is 1. The summed E-state index contributed by atoms with van der Waals surface area (Å²) in [6.07, 6.45) is 0. The molecule has 2 N–H and O–H groups in total. The van der Waals surface area contributed by atoms with E-state index in [9.17, 15) is 4.79 Å². The predicted octanol–water partition coefficient (Wildman–Crippen LogP) is 1.62. The fourth-order valence-electron chi connectivity index (χ4n) is 2.57. The fourth-order valence-corrected chi connectivity index (χ4v) is 2.57. The molecule has 0 atom stereocenters. The SMILES string of the molecule is COc1ccc(-n2nc3c(N)nc4ccccc4n3c2=O)cc1. The van der Waals surface area contributed by atoms with E-state index >= 15 is 0 Å². The Labute approximate surface area is 130 Å². The molecule has 7 nitrogen and oxygen atoms in total. The third kappa shape index (κ3) is 1.94. The minimum absolute atomic E-state index is 0.216. The van der Waals surface area contributed by atoms with Gasteiger partial charge in [0.05, 0.1) is 23.8 Å². The van der Waals surface area contributed by atoms with Gasteiger partial charge in [0, 0.05) is 0 Å². The molecular weight excluding hydrogens is 294 g/mol. The van der Waals surface area contributed by atoms with Crippen LogP contribution in [-0.4, -0.2) is 26.3 Å². The molecule has 114 valence electrons. The van der Waals surface area contributed by atoms with Crippen molar-refractivity contribution in [2.24, 2.45) is 0 Å². The van der Waals surface area contributed by atoms with Crippen molar-refractivity contribution in [1.29, 1.82) is 0 Å². The van der Waals surface area contributed by atoms with Crippen molar-refractivity contribution in [1.82, 2.24) is 19.2 Å². The van der Waals surface area contributed by atoms with Gasteiger partial charge >= 0.3 is 5.69 Å². The van der Waals surface area contributed by atoms with Crippen LogP contribution in [0.25, 0.3) is 22.4 Å². The molecule has 2 heterocycles. The number of hydrogen-bond donors (Lipinski definition) is 1. The van der Waals surface area contributed by atoms with E-state index in [0.29, 0.717) is 28.1 Å². The summed E-state index contributed by atoms with van der Waals surface area (Å²) in [4.78, 5) is 17.1. The van der Waals surface area contributed by atoms with Gasteiger partial charge in [-0.1, -0.05) is 12.1 Å². The molecule has 0 saturated heterocycles. The first-order valence-electron chi connectivity index (χ1n) is 6.99. The summed E-state index contributed by atoms with van der Waals surface area (Å²) in [5.41, 5.74) is 7.95. The molecule has 0 bridgehead atoms. The van der Waals surface area contributed by atoms with Gasteiger partial charge in [0.25, 0.3) is 0 Å². The number of rotatable bonds is 2. The van der Waals surface area contributed by atoms with Crippen LogP contribution >= 0.6 is 0 Å². The third-order valence-corrected chi connectivity index (χ3v) is 3.69. The van der Waals surface area contributed by atoms with Gasteiger partial charge in [-0.3, -0.25) is 0 Å². The molecule has 0 amide bonds. The van der Waals surface area contributed by atoms with Crippen molar-refractivity contribution < 1.29 is 4.74 Å². The van der Waals surface area contributed by atoms with Crippen LogP contribution < -0.4 is 16.2 Å². The maximum atomic E-state index is 12.8. The average Bonchev–Trinajstić information content (AvgIpc) is 2.94. The fraction of sp³-hybridized carbons (Fsp3) is 0.0625. The Morgan fingerprint density at radius 3 is 2.57 bits per heavy atom. The number of methoxy groups -OCH3 is 1. The summed E-state index contributed by atoms with van der Waals surface area (Å²) in [6, 6.07) is 14.4. The standard InChI is InChI=1S/C16H13N5O2/c1-23-11-8-6-10(7-9-11)21-16(22)20-13-5-3-2-4-12(13)18-14(17)15(20)19-21/h2-9H,1H3,(H2,17,18). The maximum absolute atomic E-state index is 12.8. The number of fused-ring (bicyclic) bond motifs is 3. The molecule has 0 radical (unpaired) electrons. The number of aromatic nitrogens is 4. The molecule has 0 unspecified atom stereocenters. The van der Waals surface area contributed by atoms with E-state index in [-0.39, 0.29) is 11.5 Å². The second-order valence-electron chi connectivity index (χ2n) is 5.04. The number of anilines is 1. The Hall–Kier alpha value is -3.35. The molecular formula is C16H13N5O2. The Bertz CT molecular complexity index is 1080. The highest BCUT2D eigenvalue weighted by Crippen LogP contribution is 2.18. The van der Waals surface area contributed by atoms with E-state index in [1.54, 1.807) is 31.4 Å². The normalized spacial score (nSPS) is 11.2.